The van der Waals surface area contributed by atoms with Gasteiger partial charge in [0.25, 0.3) is 0 Å². The van der Waals surface area contributed by atoms with E-state index in [9.17, 15) is 0 Å². The fourth-order valence-corrected chi connectivity index (χ4v) is 3.29. The molecular formula is C17H26N2O. The van der Waals surface area contributed by atoms with E-state index in [2.05, 4.69) is 41.5 Å². The van der Waals surface area contributed by atoms with Crippen molar-refractivity contribution in [1.29, 1.82) is 0 Å². The SMILES string of the molecule is CN1CCC(Oc2cccc(C3CCNCC3)c2)CC1. The van der Waals surface area contributed by atoms with Crippen LogP contribution in [-0.2, 0) is 0 Å². The molecule has 1 aromatic carbocycles. The molecule has 0 bridgehead atoms. The molecule has 2 aliphatic heterocycles. The Morgan fingerprint density at radius 2 is 1.85 bits per heavy atom. The predicted molar refractivity (Wildman–Crippen MR) is 82.4 cm³/mol. The first kappa shape index (κ1) is 13.9. The lowest BCUT2D eigenvalue weighted by molar-refractivity contribution is 0.114. The van der Waals surface area contributed by atoms with Gasteiger partial charge in [0.05, 0.1) is 0 Å². The Morgan fingerprint density at radius 1 is 1.10 bits per heavy atom. The molecule has 2 aliphatic rings. The summed E-state index contributed by atoms with van der Waals surface area (Å²) >= 11 is 0. The minimum absolute atomic E-state index is 0.398. The van der Waals surface area contributed by atoms with Crippen LogP contribution >= 0.6 is 0 Å². The van der Waals surface area contributed by atoms with Crippen LogP contribution in [0.5, 0.6) is 5.75 Å². The van der Waals surface area contributed by atoms with Crippen LogP contribution in [0.4, 0.5) is 0 Å². The zero-order chi connectivity index (χ0) is 13.8. The number of rotatable bonds is 3. The largest absolute Gasteiger partial charge is 0.490 e. The van der Waals surface area contributed by atoms with Crippen LogP contribution < -0.4 is 10.1 Å². The molecule has 3 rings (SSSR count). The second-order valence-corrected chi connectivity index (χ2v) is 6.22. The maximum atomic E-state index is 6.19. The third-order valence-corrected chi connectivity index (χ3v) is 4.64. The van der Waals surface area contributed by atoms with E-state index in [0.29, 0.717) is 12.0 Å². The highest BCUT2D eigenvalue weighted by atomic mass is 16.5. The van der Waals surface area contributed by atoms with Gasteiger partial charge >= 0.3 is 0 Å². The Morgan fingerprint density at radius 3 is 2.60 bits per heavy atom. The van der Waals surface area contributed by atoms with Crippen LogP contribution in [0.2, 0.25) is 0 Å². The average Bonchev–Trinajstić information content (AvgIpc) is 2.51. The molecule has 3 nitrogen and oxygen atoms in total. The van der Waals surface area contributed by atoms with Gasteiger partial charge in [0.15, 0.2) is 0 Å². The van der Waals surface area contributed by atoms with E-state index in [4.69, 9.17) is 4.74 Å². The molecule has 1 N–H and O–H groups in total. The molecule has 0 unspecified atom stereocenters. The summed E-state index contributed by atoms with van der Waals surface area (Å²) in [6, 6.07) is 8.80. The zero-order valence-corrected chi connectivity index (χ0v) is 12.5. The van der Waals surface area contributed by atoms with Gasteiger partial charge in [-0.05, 0) is 69.4 Å². The summed E-state index contributed by atoms with van der Waals surface area (Å²) in [7, 11) is 2.19. The van der Waals surface area contributed by atoms with E-state index in [0.717, 1.165) is 44.8 Å². The first-order chi connectivity index (χ1) is 9.81. The molecule has 0 aliphatic carbocycles. The fraction of sp³-hybridized carbons (Fsp3) is 0.647. The molecule has 110 valence electrons. The Bertz CT molecular complexity index is 421. The van der Waals surface area contributed by atoms with Crippen molar-refractivity contribution in [3.63, 3.8) is 0 Å². The van der Waals surface area contributed by atoms with E-state index in [1.165, 1.54) is 18.4 Å². The molecule has 2 fully saturated rings. The first-order valence-corrected chi connectivity index (χ1v) is 7.97. The number of benzene rings is 1. The fourth-order valence-electron chi connectivity index (χ4n) is 3.29. The summed E-state index contributed by atoms with van der Waals surface area (Å²) in [5, 5.41) is 3.43. The number of hydrogen-bond acceptors (Lipinski definition) is 3. The smallest absolute Gasteiger partial charge is 0.120 e. The molecule has 1 aromatic rings. The van der Waals surface area contributed by atoms with Crippen molar-refractivity contribution in [1.82, 2.24) is 10.2 Å². The van der Waals surface area contributed by atoms with Crippen LogP contribution in [-0.4, -0.2) is 44.2 Å². The van der Waals surface area contributed by atoms with Gasteiger partial charge in [-0.25, -0.2) is 0 Å². The highest BCUT2D eigenvalue weighted by Crippen LogP contribution is 2.28. The highest BCUT2D eigenvalue weighted by molar-refractivity contribution is 5.31. The Hall–Kier alpha value is -1.06. The lowest BCUT2D eigenvalue weighted by Gasteiger charge is -2.29. The lowest BCUT2D eigenvalue weighted by atomic mass is 9.90. The van der Waals surface area contributed by atoms with Gasteiger partial charge in [-0.1, -0.05) is 12.1 Å². The quantitative estimate of drug-likeness (QED) is 0.917. The molecule has 0 aromatic heterocycles. The summed E-state index contributed by atoms with van der Waals surface area (Å²) in [6.45, 7) is 4.59. The Kier molecular flexibility index (Phi) is 4.58. The topological polar surface area (TPSA) is 24.5 Å². The van der Waals surface area contributed by atoms with Crippen LogP contribution in [0.25, 0.3) is 0 Å². The molecule has 2 heterocycles. The minimum atomic E-state index is 0.398. The van der Waals surface area contributed by atoms with Gasteiger partial charge in [-0.15, -0.1) is 0 Å². The van der Waals surface area contributed by atoms with E-state index in [-0.39, 0.29) is 0 Å². The van der Waals surface area contributed by atoms with Gasteiger partial charge in [0, 0.05) is 13.1 Å². The van der Waals surface area contributed by atoms with E-state index in [1.54, 1.807) is 0 Å². The molecule has 3 heteroatoms. The normalized spacial score (nSPS) is 22.9. The number of nitrogens with one attached hydrogen (secondary N) is 1. The van der Waals surface area contributed by atoms with Crippen molar-refractivity contribution < 1.29 is 4.74 Å². The van der Waals surface area contributed by atoms with Crippen LogP contribution in [0.3, 0.4) is 0 Å². The van der Waals surface area contributed by atoms with Crippen molar-refractivity contribution in [2.75, 3.05) is 33.2 Å². The monoisotopic (exact) mass is 274 g/mol. The molecule has 0 saturated carbocycles. The summed E-state index contributed by atoms with van der Waals surface area (Å²) in [4.78, 5) is 2.38. The van der Waals surface area contributed by atoms with Crippen LogP contribution in [0.15, 0.2) is 24.3 Å². The second-order valence-electron chi connectivity index (χ2n) is 6.22. The van der Waals surface area contributed by atoms with Gasteiger partial charge in [0.2, 0.25) is 0 Å². The molecule has 0 amide bonds. The molecular weight excluding hydrogens is 248 g/mol. The highest BCUT2D eigenvalue weighted by Gasteiger charge is 2.19. The van der Waals surface area contributed by atoms with Gasteiger partial charge in [0.1, 0.15) is 11.9 Å². The average molecular weight is 274 g/mol. The third kappa shape index (κ3) is 3.53. The van der Waals surface area contributed by atoms with Crippen molar-refractivity contribution in [2.45, 2.75) is 37.7 Å². The van der Waals surface area contributed by atoms with Crippen molar-refractivity contribution in [3.05, 3.63) is 29.8 Å². The van der Waals surface area contributed by atoms with Crippen molar-refractivity contribution >= 4 is 0 Å². The molecule has 0 radical (unpaired) electrons. The lowest BCUT2D eigenvalue weighted by Crippen LogP contribution is -2.35. The van der Waals surface area contributed by atoms with E-state index in [1.807, 2.05) is 0 Å². The second kappa shape index (κ2) is 6.59. The van der Waals surface area contributed by atoms with Crippen molar-refractivity contribution in [2.24, 2.45) is 0 Å². The zero-order valence-electron chi connectivity index (χ0n) is 12.5. The van der Waals surface area contributed by atoms with Gasteiger partial charge < -0.3 is 15.0 Å². The number of ether oxygens (including phenoxy) is 1. The standard InChI is InChI=1S/C17H26N2O/c1-19-11-7-16(8-12-19)20-17-4-2-3-15(13-17)14-5-9-18-10-6-14/h2-4,13-14,16,18H,5-12H2,1H3. The van der Waals surface area contributed by atoms with Gasteiger partial charge in [-0.3, -0.25) is 0 Å². The maximum absolute atomic E-state index is 6.19. The summed E-state index contributed by atoms with van der Waals surface area (Å²) in [5.41, 5.74) is 1.46. The third-order valence-electron chi connectivity index (χ3n) is 4.64. The summed E-state index contributed by atoms with van der Waals surface area (Å²) in [6.07, 6.45) is 5.19. The molecule has 0 atom stereocenters. The first-order valence-electron chi connectivity index (χ1n) is 7.97. The maximum Gasteiger partial charge on any atom is 0.120 e. The number of likely N-dealkylation sites (tertiary alicyclic amines) is 1. The number of nitrogens with zero attached hydrogens (tertiary/aromatic N) is 1. The predicted octanol–water partition coefficient (Wildman–Crippen LogP) is 2.63. The summed E-state index contributed by atoms with van der Waals surface area (Å²) < 4.78 is 6.19. The van der Waals surface area contributed by atoms with E-state index >= 15 is 0 Å². The van der Waals surface area contributed by atoms with Gasteiger partial charge in [-0.2, -0.15) is 0 Å². The van der Waals surface area contributed by atoms with Crippen LogP contribution in [0.1, 0.15) is 37.2 Å². The Balaban J connectivity index is 1.62. The van der Waals surface area contributed by atoms with E-state index < -0.39 is 0 Å². The molecule has 20 heavy (non-hydrogen) atoms. The summed E-state index contributed by atoms with van der Waals surface area (Å²) in [5.74, 6) is 1.77. The Labute approximate surface area is 122 Å². The molecule has 0 spiro atoms. The molecule has 2 saturated heterocycles. The number of piperidine rings is 2. The van der Waals surface area contributed by atoms with Crippen molar-refractivity contribution in [3.8, 4) is 5.75 Å². The number of hydrogen-bond donors (Lipinski definition) is 1. The minimum Gasteiger partial charge on any atom is -0.490 e. The van der Waals surface area contributed by atoms with Crippen LogP contribution in [0, 0.1) is 0 Å².